The van der Waals surface area contributed by atoms with Crippen LogP contribution in [0.1, 0.15) is 15.9 Å². The molecule has 0 radical (unpaired) electrons. The Morgan fingerprint density at radius 2 is 1.65 bits per heavy atom. The molecule has 2 aromatic carbocycles. The first-order chi connectivity index (χ1) is 12.3. The molecule has 0 atom stereocenters. The van der Waals surface area contributed by atoms with Gasteiger partial charge in [0.25, 0.3) is 5.91 Å². The van der Waals surface area contributed by atoms with Gasteiger partial charge in [-0.2, -0.15) is 13.2 Å². The number of carbonyl (C=O) groups excluding carboxylic acids is 2. The summed E-state index contributed by atoms with van der Waals surface area (Å²) in [6.07, 6.45) is -0.585. The van der Waals surface area contributed by atoms with E-state index >= 15 is 0 Å². The quantitative estimate of drug-likeness (QED) is 0.750. The van der Waals surface area contributed by atoms with Crippen molar-refractivity contribution in [3.63, 3.8) is 0 Å². The monoisotopic (exact) mass is 384 g/mol. The maximum atomic E-state index is 12.3. The first-order valence-corrected chi connectivity index (χ1v) is 8.16. The smallest absolute Gasteiger partial charge is 0.446 e. The zero-order valence-electron chi connectivity index (χ0n) is 13.6. The van der Waals surface area contributed by atoms with Crippen molar-refractivity contribution in [2.75, 3.05) is 12.4 Å². The topological polar surface area (TPSA) is 67.4 Å². The molecule has 2 rings (SSSR count). The molecule has 2 N–H and O–H groups in total. The van der Waals surface area contributed by atoms with Crippen LogP contribution in [0, 0.1) is 0 Å². The molecule has 0 fully saturated rings. The minimum absolute atomic E-state index is 0.0164. The molecule has 138 valence electrons. The fourth-order valence-corrected chi connectivity index (χ4v) is 2.51. The van der Waals surface area contributed by atoms with Crippen molar-refractivity contribution < 1.29 is 27.5 Å². The van der Waals surface area contributed by atoms with Crippen LogP contribution in [-0.2, 0) is 11.3 Å². The van der Waals surface area contributed by atoms with Gasteiger partial charge in [0.05, 0.1) is 7.11 Å². The van der Waals surface area contributed by atoms with E-state index in [9.17, 15) is 22.8 Å². The lowest BCUT2D eigenvalue weighted by Gasteiger charge is -2.08. The largest absolute Gasteiger partial charge is 0.453 e. The highest BCUT2D eigenvalue weighted by molar-refractivity contribution is 8.00. The van der Waals surface area contributed by atoms with Gasteiger partial charge in [0, 0.05) is 22.7 Å². The third kappa shape index (κ3) is 6.32. The number of hydrogen-bond acceptors (Lipinski definition) is 4. The molecule has 0 spiro atoms. The second-order valence-corrected chi connectivity index (χ2v) is 6.21. The van der Waals surface area contributed by atoms with E-state index in [4.69, 9.17) is 0 Å². The summed E-state index contributed by atoms with van der Waals surface area (Å²) in [6, 6.07) is 11.9. The SMILES string of the molecule is COC(=O)Nc1ccc(CNC(=O)c2ccc(SC(F)(F)F)cc2)cc1. The second kappa shape index (κ2) is 8.61. The Labute approximate surface area is 151 Å². The van der Waals surface area contributed by atoms with Crippen LogP contribution in [0.4, 0.5) is 23.7 Å². The maximum Gasteiger partial charge on any atom is 0.446 e. The van der Waals surface area contributed by atoms with Gasteiger partial charge < -0.3 is 10.1 Å². The van der Waals surface area contributed by atoms with Crippen LogP contribution in [0.25, 0.3) is 0 Å². The Bertz CT molecular complexity index is 762. The van der Waals surface area contributed by atoms with Crippen LogP contribution >= 0.6 is 11.8 Å². The number of amides is 2. The highest BCUT2D eigenvalue weighted by Crippen LogP contribution is 2.36. The predicted octanol–water partition coefficient (Wildman–Crippen LogP) is 4.41. The number of benzene rings is 2. The number of rotatable bonds is 5. The van der Waals surface area contributed by atoms with Gasteiger partial charge in [-0.3, -0.25) is 10.1 Å². The Balaban J connectivity index is 1.89. The number of anilines is 1. The number of thioether (sulfide) groups is 1. The van der Waals surface area contributed by atoms with E-state index in [2.05, 4.69) is 15.4 Å². The van der Waals surface area contributed by atoms with Crippen LogP contribution in [-0.4, -0.2) is 24.6 Å². The molecule has 0 bridgehead atoms. The highest BCUT2D eigenvalue weighted by Gasteiger charge is 2.29. The van der Waals surface area contributed by atoms with Gasteiger partial charge in [0.15, 0.2) is 0 Å². The van der Waals surface area contributed by atoms with Crippen molar-refractivity contribution in [3.05, 3.63) is 59.7 Å². The molecule has 2 aromatic rings. The number of methoxy groups -OCH3 is 1. The number of alkyl halides is 3. The summed E-state index contributed by atoms with van der Waals surface area (Å²) in [5, 5.41) is 5.17. The molecule has 0 heterocycles. The molecule has 0 aliphatic carbocycles. The zero-order valence-corrected chi connectivity index (χ0v) is 14.4. The van der Waals surface area contributed by atoms with Gasteiger partial charge in [0.1, 0.15) is 0 Å². The summed E-state index contributed by atoms with van der Waals surface area (Å²) in [5.74, 6) is -0.398. The number of halogens is 3. The number of ether oxygens (including phenoxy) is 1. The van der Waals surface area contributed by atoms with Gasteiger partial charge in [-0.05, 0) is 53.7 Å². The van der Waals surface area contributed by atoms with Crippen LogP contribution in [0.3, 0.4) is 0 Å². The zero-order chi connectivity index (χ0) is 19.2. The maximum absolute atomic E-state index is 12.3. The lowest BCUT2D eigenvalue weighted by molar-refractivity contribution is -0.0328. The Kier molecular flexibility index (Phi) is 6.51. The normalized spacial score (nSPS) is 10.9. The Hall–Kier alpha value is -2.68. The average molecular weight is 384 g/mol. The summed E-state index contributed by atoms with van der Waals surface area (Å²) in [7, 11) is 1.26. The average Bonchev–Trinajstić information content (AvgIpc) is 2.60. The van der Waals surface area contributed by atoms with E-state index in [0.717, 1.165) is 5.56 Å². The van der Waals surface area contributed by atoms with Crippen LogP contribution < -0.4 is 10.6 Å². The van der Waals surface area contributed by atoms with E-state index in [0.29, 0.717) is 5.69 Å². The van der Waals surface area contributed by atoms with Crippen molar-refractivity contribution >= 4 is 29.4 Å². The Morgan fingerprint density at radius 3 is 2.19 bits per heavy atom. The summed E-state index contributed by atoms with van der Waals surface area (Å²) >= 11 is -0.232. The minimum Gasteiger partial charge on any atom is -0.453 e. The molecule has 0 saturated carbocycles. The molecular formula is C17H15F3N2O3S. The van der Waals surface area contributed by atoms with Crippen LogP contribution in [0.5, 0.6) is 0 Å². The van der Waals surface area contributed by atoms with Crippen molar-refractivity contribution in [3.8, 4) is 0 Å². The molecule has 5 nitrogen and oxygen atoms in total. The molecule has 0 aliphatic rings. The van der Waals surface area contributed by atoms with Crippen molar-refractivity contribution in [2.24, 2.45) is 0 Å². The summed E-state index contributed by atoms with van der Waals surface area (Å²) < 4.78 is 41.3. The molecule has 9 heteroatoms. The van der Waals surface area contributed by atoms with E-state index in [1.165, 1.54) is 31.4 Å². The number of hydrogen-bond donors (Lipinski definition) is 2. The summed E-state index contributed by atoms with van der Waals surface area (Å²) in [6.45, 7) is 0.233. The highest BCUT2D eigenvalue weighted by atomic mass is 32.2. The van der Waals surface area contributed by atoms with Crippen LogP contribution in [0.15, 0.2) is 53.4 Å². The minimum atomic E-state index is -4.36. The fourth-order valence-electron chi connectivity index (χ4n) is 1.97. The standard InChI is InChI=1S/C17H15F3N2O3S/c1-25-16(24)22-13-6-2-11(3-7-13)10-21-15(23)12-4-8-14(9-5-12)26-17(18,19)20/h2-9H,10H2,1H3,(H,21,23)(H,22,24). The van der Waals surface area contributed by atoms with Gasteiger partial charge in [-0.25, -0.2) is 4.79 Å². The molecule has 26 heavy (non-hydrogen) atoms. The molecule has 0 saturated heterocycles. The van der Waals surface area contributed by atoms with Crippen LogP contribution in [0.2, 0.25) is 0 Å². The number of nitrogens with one attached hydrogen (secondary N) is 2. The lowest BCUT2D eigenvalue weighted by Crippen LogP contribution is -2.22. The van der Waals surface area contributed by atoms with Gasteiger partial charge in [0.2, 0.25) is 0 Å². The van der Waals surface area contributed by atoms with E-state index in [-0.39, 0.29) is 28.8 Å². The summed E-state index contributed by atoms with van der Waals surface area (Å²) in [4.78, 5) is 23.2. The molecule has 0 aliphatic heterocycles. The summed E-state index contributed by atoms with van der Waals surface area (Å²) in [5.41, 5.74) is -2.76. The fraction of sp³-hybridized carbons (Fsp3) is 0.176. The lowest BCUT2D eigenvalue weighted by atomic mass is 10.2. The van der Waals surface area contributed by atoms with E-state index < -0.39 is 17.5 Å². The molecular weight excluding hydrogens is 369 g/mol. The van der Waals surface area contributed by atoms with Gasteiger partial charge in [-0.15, -0.1) is 0 Å². The first kappa shape index (κ1) is 19.6. The van der Waals surface area contributed by atoms with E-state index in [1.807, 2.05) is 0 Å². The molecule has 0 aromatic heterocycles. The third-order valence-corrected chi connectivity index (χ3v) is 3.93. The molecule has 2 amide bonds. The molecule has 0 unspecified atom stereocenters. The number of carbonyl (C=O) groups is 2. The van der Waals surface area contributed by atoms with Crippen molar-refractivity contribution in [1.29, 1.82) is 0 Å². The van der Waals surface area contributed by atoms with E-state index in [1.54, 1.807) is 24.3 Å². The van der Waals surface area contributed by atoms with Crippen molar-refractivity contribution in [1.82, 2.24) is 5.32 Å². The van der Waals surface area contributed by atoms with Gasteiger partial charge in [-0.1, -0.05) is 12.1 Å². The second-order valence-electron chi connectivity index (χ2n) is 5.07. The Morgan fingerprint density at radius 1 is 1.04 bits per heavy atom. The van der Waals surface area contributed by atoms with Crippen molar-refractivity contribution in [2.45, 2.75) is 16.9 Å². The predicted molar refractivity (Wildman–Crippen MR) is 92.0 cm³/mol. The van der Waals surface area contributed by atoms with Gasteiger partial charge >= 0.3 is 11.6 Å². The first-order valence-electron chi connectivity index (χ1n) is 7.35. The third-order valence-electron chi connectivity index (χ3n) is 3.19.